The standard InChI is InChI=1S/C16H30N2O2/c1-11-6-12(2)8-17(7-11)15(5)16(19)18-9-13(3)20-14(4)10-18/h11-15H,6-10H2,1-5H3. The molecule has 116 valence electrons. The van der Waals surface area contributed by atoms with Crippen molar-refractivity contribution in [2.75, 3.05) is 26.2 Å². The molecule has 2 saturated heterocycles. The number of likely N-dealkylation sites (tertiary alicyclic amines) is 1. The molecule has 0 bridgehead atoms. The van der Waals surface area contributed by atoms with Crippen LogP contribution in [0.5, 0.6) is 0 Å². The summed E-state index contributed by atoms with van der Waals surface area (Å²) in [6.07, 6.45) is 1.58. The van der Waals surface area contributed by atoms with Crippen LogP contribution < -0.4 is 0 Å². The van der Waals surface area contributed by atoms with Crippen LogP contribution in [0, 0.1) is 11.8 Å². The van der Waals surface area contributed by atoms with E-state index in [4.69, 9.17) is 4.74 Å². The highest BCUT2D eigenvalue weighted by Crippen LogP contribution is 2.23. The van der Waals surface area contributed by atoms with Gasteiger partial charge in [0, 0.05) is 26.2 Å². The van der Waals surface area contributed by atoms with Gasteiger partial charge in [0.05, 0.1) is 18.2 Å². The molecule has 4 heteroatoms. The van der Waals surface area contributed by atoms with E-state index in [2.05, 4.69) is 25.7 Å². The third kappa shape index (κ3) is 3.73. The molecule has 2 aliphatic heterocycles. The molecular weight excluding hydrogens is 252 g/mol. The summed E-state index contributed by atoms with van der Waals surface area (Å²) in [6.45, 7) is 14.3. The molecule has 5 unspecified atom stereocenters. The lowest BCUT2D eigenvalue weighted by Crippen LogP contribution is -2.56. The zero-order valence-corrected chi connectivity index (χ0v) is 13.6. The van der Waals surface area contributed by atoms with Gasteiger partial charge < -0.3 is 9.64 Å². The van der Waals surface area contributed by atoms with Crippen molar-refractivity contribution in [2.24, 2.45) is 11.8 Å². The first-order valence-electron chi connectivity index (χ1n) is 8.05. The summed E-state index contributed by atoms with van der Waals surface area (Å²) in [5.41, 5.74) is 0. The molecule has 2 heterocycles. The molecule has 2 fully saturated rings. The van der Waals surface area contributed by atoms with Crippen LogP contribution in [0.15, 0.2) is 0 Å². The molecule has 4 nitrogen and oxygen atoms in total. The number of carbonyl (C=O) groups is 1. The van der Waals surface area contributed by atoms with Gasteiger partial charge >= 0.3 is 0 Å². The average Bonchev–Trinajstić information content (AvgIpc) is 2.34. The Labute approximate surface area is 123 Å². The summed E-state index contributed by atoms with van der Waals surface area (Å²) in [4.78, 5) is 17.1. The lowest BCUT2D eigenvalue weighted by molar-refractivity contribution is -0.149. The topological polar surface area (TPSA) is 32.8 Å². The van der Waals surface area contributed by atoms with Gasteiger partial charge in [0.25, 0.3) is 0 Å². The van der Waals surface area contributed by atoms with Gasteiger partial charge in [-0.15, -0.1) is 0 Å². The highest BCUT2D eigenvalue weighted by atomic mass is 16.5. The number of rotatable bonds is 2. The lowest BCUT2D eigenvalue weighted by atomic mass is 9.91. The van der Waals surface area contributed by atoms with Crippen LogP contribution in [0.25, 0.3) is 0 Å². The molecule has 0 aromatic carbocycles. The Hall–Kier alpha value is -0.610. The predicted octanol–water partition coefficient (Wildman–Crippen LogP) is 1.99. The van der Waals surface area contributed by atoms with Crippen LogP contribution in [0.4, 0.5) is 0 Å². The quantitative estimate of drug-likeness (QED) is 0.776. The minimum absolute atomic E-state index is 0.00213. The molecule has 20 heavy (non-hydrogen) atoms. The fourth-order valence-electron chi connectivity index (χ4n) is 3.81. The summed E-state index contributed by atoms with van der Waals surface area (Å²) < 4.78 is 5.72. The lowest BCUT2D eigenvalue weighted by Gasteiger charge is -2.42. The molecule has 0 aromatic rings. The fourth-order valence-corrected chi connectivity index (χ4v) is 3.81. The molecule has 2 rings (SSSR count). The van der Waals surface area contributed by atoms with E-state index in [0.29, 0.717) is 11.8 Å². The molecule has 0 aliphatic carbocycles. The monoisotopic (exact) mass is 282 g/mol. The maximum absolute atomic E-state index is 12.7. The summed E-state index contributed by atoms with van der Waals surface area (Å²) in [7, 11) is 0. The zero-order valence-electron chi connectivity index (χ0n) is 13.6. The molecule has 0 N–H and O–H groups in total. The molecule has 2 aliphatic rings. The van der Waals surface area contributed by atoms with Gasteiger partial charge in [0.1, 0.15) is 0 Å². The largest absolute Gasteiger partial charge is 0.372 e. The number of piperidine rings is 1. The van der Waals surface area contributed by atoms with Crippen molar-refractivity contribution in [3.8, 4) is 0 Å². The Kier molecular flexibility index (Phi) is 5.08. The zero-order chi connectivity index (χ0) is 14.9. The van der Waals surface area contributed by atoms with E-state index in [1.54, 1.807) is 0 Å². The van der Waals surface area contributed by atoms with E-state index >= 15 is 0 Å². The Morgan fingerprint density at radius 1 is 1.00 bits per heavy atom. The first-order valence-corrected chi connectivity index (χ1v) is 8.05. The number of hydrogen-bond acceptors (Lipinski definition) is 3. The highest BCUT2D eigenvalue weighted by molar-refractivity contribution is 5.81. The molecule has 5 atom stereocenters. The van der Waals surface area contributed by atoms with Crippen LogP contribution in [-0.2, 0) is 9.53 Å². The van der Waals surface area contributed by atoms with Crippen molar-refractivity contribution in [3.05, 3.63) is 0 Å². The number of ether oxygens (including phenoxy) is 1. The minimum atomic E-state index is -0.00213. The van der Waals surface area contributed by atoms with E-state index < -0.39 is 0 Å². The average molecular weight is 282 g/mol. The van der Waals surface area contributed by atoms with Crippen molar-refractivity contribution < 1.29 is 9.53 Å². The first-order chi connectivity index (χ1) is 9.36. The Bertz CT molecular complexity index is 327. The Morgan fingerprint density at radius 3 is 2.00 bits per heavy atom. The highest BCUT2D eigenvalue weighted by Gasteiger charge is 2.33. The number of carbonyl (C=O) groups excluding carboxylic acids is 1. The molecular formula is C16H30N2O2. The minimum Gasteiger partial charge on any atom is -0.372 e. The van der Waals surface area contributed by atoms with Gasteiger partial charge in [-0.1, -0.05) is 13.8 Å². The van der Waals surface area contributed by atoms with Crippen LogP contribution in [-0.4, -0.2) is 60.1 Å². The smallest absolute Gasteiger partial charge is 0.239 e. The van der Waals surface area contributed by atoms with Crippen LogP contribution in [0.1, 0.15) is 41.0 Å². The molecule has 0 saturated carbocycles. The second-order valence-electron chi connectivity index (χ2n) is 7.08. The Balaban J connectivity index is 1.97. The van der Waals surface area contributed by atoms with Gasteiger partial charge in [-0.25, -0.2) is 0 Å². The van der Waals surface area contributed by atoms with Crippen molar-refractivity contribution in [3.63, 3.8) is 0 Å². The van der Waals surface area contributed by atoms with Gasteiger partial charge in [-0.3, -0.25) is 9.69 Å². The first kappa shape index (κ1) is 15.8. The van der Waals surface area contributed by atoms with E-state index in [1.807, 2.05) is 18.7 Å². The normalized spacial score (nSPS) is 37.8. The summed E-state index contributed by atoms with van der Waals surface area (Å²) >= 11 is 0. The third-order valence-corrected chi connectivity index (χ3v) is 4.53. The third-order valence-electron chi connectivity index (χ3n) is 4.53. The number of amides is 1. The van der Waals surface area contributed by atoms with Gasteiger partial charge in [-0.2, -0.15) is 0 Å². The van der Waals surface area contributed by atoms with Crippen molar-refractivity contribution >= 4 is 5.91 Å². The van der Waals surface area contributed by atoms with E-state index in [-0.39, 0.29) is 24.2 Å². The molecule has 0 spiro atoms. The van der Waals surface area contributed by atoms with Crippen LogP contribution in [0.3, 0.4) is 0 Å². The van der Waals surface area contributed by atoms with E-state index in [9.17, 15) is 4.79 Å². The maximum atomic E-state index is 12.7. The number of hydrogen-bond donors (Lipinski definition) is 0. The van der Waals surface area contributed by atoms with Crippen LogP contribution >= 0.6 is 0 Å². The summed E-state index contributed by atoms with van der Waals surface area (Å²) in [5.74, 6) is 1.65. The van der Waals surface area contributed by atoms with Gasteiger partial charge in [0.15, 0.2) is 0 Å². The van der Waals surface area contributed by atoms with Crippen molar-refractivity contribution in [2.45, 2.75) is 59.3 Å². The summed E-state index contributed by atoms with van der Waals surface area (Å²) in [6, 6.07) is -0.00213. The Morgan fingerprint density at radius 2 is 1.50 bits per heavy atom. The number of nitrogens with zero attached hydrogens (tertiary/aromatic N) is 2. The number of morpholine rings is 1. The predicted molar refractivity (Wildman–Crippen MR) is 80.6 cm³/mol. The van der Waals surface area contributed by atoms with Gasteiger partial charge in [0.2, 0.25) is 5.91 Å². The van der Waals surface area contributed by atoms with Gasteiger partial charge in [-0.05, 0) is 39.0 Å². The van der Waals surface area contributed by atoms with Crippen LogP contribution in [0.2, 0.25) is 0 Å². The summed E-state index contributed by atoms with van der Waals surface area (Å²) in [5, 5.41) is 0. The molecule has 1 amide bonds. The fraction of sp³-hybridized carbons (Fsp3) is 0.938. The maximum Gasteiger partial charge on any atom is 0.239 e. The van der Waals surface area contributed by atoms with Crippen molar-refractivity contribution in [1.29, 1.82) is 0 Å². The van der Waals surface area contributed by atoms with E-state index in [1.165, 1.54) is 6.42 Å². The second-order valence-corrected chi connectivity index (χ2v) is 7.08. The SMILES string of the molecule is CC1CC(C)CN(C(C)C(=O)N2CC(C)OC(C)C2)C1. The second kappa shape index (κ2) is 6.44. The molecule has 0 aromatic heterocycles. The van der Waals surface area contributed by atoms with E-state index in [0.717, 1.165) is 26.2 Å². The molecule has 0 radical (unpaired) electrons. The van der Waals surface area contributed by atoms with Crippen molar-refractivity contribution in [1.82, 2.24) is 9.80 Å².